The molecule has 1 heterocycles. The van der Waals surface area contributed by atoms with E-state index in [0.717, 1.165) is 37.7 Å². The molecule has 1 aliphatic carbocycles. The van der Waals surface area contributed by atoms with Crippen molar-refractivity contribution in [3.8, 4) is 0 Å². The third-order valence-corrected chi connectivity index (χ3v) is 8.36. The second-order valence-electron chi connectivity index (χ2n) is 12.2. The molecule has 0 radical (unpaired) electrons. The Labute approximate surface area is 254 Å². The molecule has 1 aromatic carbocycles. The van der Waals surface area contributed by atoms with Crippen molar-refractivity contribution in [3.05, 3.63) is 35.9 Å². The highest BCUT2D eigenvalue weighted by Crippen LogP contribution is 2.28. The van der Waals surface area contributed by atoms with E-state index in [1.807, 2.05) is 51.1 Å². The molecule has 1 saturated carbocycles. The largest absolute Gasteiger partial charge is 0.480 e. The number of aliphatic carboxylic acids is 1. The van der Waals surface area contributed by atoms with Crippen LogP contribution in [0, 0.1) is 11.8 Å². The van der Waals surface area contributed by atoms with Gasteiger partial charge in [0.15, 0.2) is 0 Å². The molecule has 0 unspecified atom stereocenters. The van der Waals surface area contributed by atoms with Gasteiger partial charge in [-0.1, -0.05) is 76.8 Å². The number of hydrogen-bond donors (Lipinski definition) is 4. The summed E-state index contributed by atoms with van der Waals surface area (Å²) in [6, 6.07) is 5.80. The van der Waals surface area contributed by atoms with Crippen LogP contribution in [0.1, 0.15) is 84.6 Å². The Bertz CT molecular complexity index is 1110. The first-order valence-corrected chi connectivity index (χ1v) is 15.6. The zero-order valence-corrected chi connectivity index (χ0v) is 25.8. The number of likely N-dealkylation sites (tertiary alicyclic amines) is 1. The number of benzene rings is 1. The molecule has 4 amide bonds. The van der Waals surface area contributed by atoms with E-state index in [4.69, 9.17) is 4.74 Å². The Hall–Kier alpha value is -3.47. The Morgan fingerprint density at radius 2 is 1.67 bits per heavy atom. The minimum Gasteiger partial charge on any atom is -0.480 e. The number of carbonyl (C=O) groups is 5. The molecule has 5 atom stereocenters. The first kappa shape index (κ1) is 34.0. The monoisotopic (exact) mass is 600 g/mol. The van der Waals surface area contributed by atoms with E-state index >= 15 is 0 Å². The molecule has 3 rings (SSSR count). The van der Waals surface area contributed by atoms with Crippen LogP contribution in [-0.4, -0.2) is 76.4 Å². The van der Waals surface area contributed by atoms with Gasteiger partial charge in [0.1, 0.15) is 24.2 Å². The molecular weight excluding hydrogens is 552 g/mol. The lowest BCUT2D eigenvalue weighted by Gasteiger charge is -2.34. The van der Waals surface area contributed by atoms with Crippen molar-refractivity contribution in [3.63, 3.8) is 0 Å². The van der Waals surface area contributed by atoms with E-state index in [-0.39, 0.29) is 37.1 Å². The van der Waals surface area contributed by atoms with Gasteiger partial charge in [0, 0.05) is 19.9 Å². The zero-order valence-electron chi connectivity index (χ0n) is 25.8. The summed E-state index contributed by atoms with van der Waals surface area (Å²) in [5.74, 6) is -3.21. The van der Waals surface area contributed by atoms with Crippen molar-refractivity contribution in [2.24, 2.45) is 11.8 Å². The Morgan fingerprint density at radius 1 is 1.00 bits per heavy atom. The van der Waals surface area contributed by atoms with Gasteiger partial charge in [0.2, 0.25) is 23.6 Å². The maximum Gasteiger partial charge on any atom is 0.326 e. The molecule has 0 bridgehead atoms. The maximum absolute atomic E-state index is 14.1. The van der Waals surface area contributed by atoms with Crippen molar-refractivity contribution in [2.45, 2.75) is 116 Å². The Kier molecular flexibility index (Phi) is 13.0. The summed E-state index contributed by atoms with van der Waals surface area (Å²) < 4.78 is 6.11. The lowest BCUT2D eigenvalue weighted by atomic mass is 9.83. The molecule has 1 saturated heterocycles. The highest BCUT2D eigenvalue weighted by Gasteiger charge is 2.44. The number of carboxylic acid groups (broad SMARTS) is 1. The fourth-order valence-corrected chi connectivity index (χ4v) is 6.03. The van der Waals surface area contributed by atoms with E-state index in [2.05, 4.69) is 16.0 Å². The van der Waals surface area contributed by atoms with Crippen molar-refractivity contribution < 1.29 is 33.8 Å². The fourth-order valence-electron chi connectivity index (χ4n) is 6.03. The lowest BCUT2D eigenvalue weighted by molar-refractivity contribution is -0.145. The van der Waals surface area contributed by atoms with Gasteiger partial charge in [-0.2, -0.15) is 0 Å². The van der Waals surface area contributed by atoms with Crippen LogP contribution in [0.4, 0.5) is 0 Å². The van der Waals surface area contributed by atoms with Gasteiger partial charge in [-0.25, -0.2) is 4.79 Å². The van der Waals surface area contributed by atoms with Crippen LogP contribution >= 0.6 is 0 Å². The smallest absolute Gasteiger partial charge is 0.326 e. The predicted octanol–water partition coefficient (Wildman–Crippen LogP) is 2.77. The Balaban J connectivity index is 1.81. The SMILES string of the molecule is CCC[C@H](NC(=O)[C@@H]1C[C@@H](OCc2ccccc2)CN1C(=O)[C@@H](NC(=O)[C@@H](NC(C)=O)C1CCCCC1)C(C)C)C(=O)O. The number of rotatable bonds is 14. The van der Waals surface area contributed by atoms with E-state index in [9.17, 15) is 29.1 Å². The van der Waals surface area contributed by atoms with Crippen molar-refractivity contribution in [1.29, 1.82) is 0 Å². The van der Waals surface area contributed by atoms with Crippen LogP contribution in [0.15, 0.2) is 30.3 Å². The minimum atomic E-state index is -1.14. The van der Waals surface area contributed by atoms with Crippen LogP contribution < -0.4 is 16.0 Å². The summed E-state index contributed by atoms with van der Waals surface area (Å²) in [5.41, 5.74) is 0.946. The number of hydrogen-bond acceptors (Lipinski definition) is 6. The quantitative estimate of drug-likeness (QED) is 0.256. The highest BCUT2D eigenvalue weighted by molar-refractivity contribution is 5.95. The third kappa shape index (κ3) is 9.77. The first-order chi connectivity index (χ1) is 20.5. The predicted molar refractivity (Wildman–Crippen MR) is 161 cm³/mol. The number of nitrogens with one attached hydrogen (secondary N) is 3. The highest BCUT2D eigenvalue weighted by atomic mass is 16.5. The summed E-state index contributed by atoms with van der Waals surface area (Å²) >= 11 is 0. The van der Waals surface area contributed by atoms with Crippen LogP contribution in [0.25, 0.3) is 0 Å². The van der Waals surface area contributed by atoms with Gasteiger partial charge in [-0.3, -0.25) is 19.2 Å². The van der Waals surface area contributed by atoms with E-state index < -0.39 is 54.0 Å². The summed E-state index contributed by atoms with van der Waals surface area (Å²) in [6.45, 7) is 7.24. The summed E-state index contributed by atoms with van der Waals surface area (Å²) in [6.07, 6.45) is 5.22. The van der Waals surface area contributed by atoms with E-state index in [1.54, 1.807) is 0 Å². The van der Waals surface area contributed by atoms with E-state index in [0.29, 0.717) is 13.0 Å². The normalized spacial score (nSPS) is 21.1. The van der Waals surface area contributed by atoms with Crippen LogP contribution in [0.3, 0.4) is 0 Å². The Morgan fingerprint density at radius 3 is 2.26 bits per heavy atom. The van der Waals surface area contributed by atoms with Gasteiger partial charge in [-0.05, 0) is 36.7 Å². The first-order valence-electron chi connectivity index (χ1n) is 15.6. The summed E-state index contributed by atoms with van der Waals surface area (Å²) in [7, 11) is 0. The summed E-state index contributed by atoms with van der Waals surface area (Å²) in [4.78, 5) is 66.3. The number of amides is 4. The molecule has 11 heteroatoms. The second kappa shape index (κ2) is 16.4. The molecule has 238 valence electrons. The topological polar surface area (TPSA) is 154 Å². The molecule has 11 nitrogen and oxygen atoms in total. The van der Waals surface area contributed by atoms with Gasteiger partial charge in [-0.15, -0.1) is 0 Å². The van der Waals surface area contributed by atoms with Gasteiger partial charge >= 0.3 is 5.97 Å². The van der Waals surface area contributed by atoms with E-state index in [1.165, 1.54) is 11.8 Å². The second-order valence-corrected chi connectivity index (χ2v) is 12.2. The van der Waals surface area contributed by atoms with Crippen LogP contribution in [0.2, 0.25) is 0 Å². The average molecular weight is 601 g/mol. The standard InChI is InChI=1S/C32H48N4O7/c1-5-12-25(32(41)42)34-29(38)26-17-24(43-19-22-13-8-6-9-14-22)18-36(26)31(40)27(20(2)3)35-30(39)28(33-21(4)37)23-15-10-7-11-16-23/h6,8-9,13-14,20,23-28H,5,7,10-12,15-19H2,1-4H3,(H,33,37)(H,34,38)(H,35,39)(H,41,42)/t24-,25+,26+,27+,28+/m1/s1. The van der Waals surface area contributed by atoms with Crippen LogP contribution in [0.5, 0.6) is 0 Å². The molecule has 0 spiro atoms. The zero-order chi connectivity index (χ0) is 31.5. The van der Waals surface area contributed by atoms with Gasteiger partial charge < -0.3 is 30.7 Å². The van der Waals surface area contributed by atoms with Crippen molar-refractivity contribution >= 4 is 29.6 Å². The number of nitrogens with zero attached hydrogens (tertiary/aromatic N) is 1. The molecule has 1 aliphatic heterocycles. The van der Waals surface area contributed by atoms with Gasteiger partial charge in [0.05, 0.1) is 12.7 Å². The molecule has 2 aliphatic rings. The average Bonchev–Trinajstić information content (AvgIpc) is 3.42. The fraction of sp³-hybridized carbons (Fsp3) is 0.656. The third-order valence-electron chi connectivity index (χ3n) is 8.36. The minimum absolute atomic E-state index is 0.0202. The van der Waals surface area contributed by atoms with Crippen molar-refractivity contribution in [2.75, 3.05) is 6.54 Å². The molecule has 43 heavy (non-hydrogen) atoms. The molecule has 4 N–H and O–H groups in total. The number of carbonyl (C=O) groups excluding carboxylic acids is 4. The maximum atomic E-state index is 14.1. The molecular formula is C32H48N4O7. The van der Waals surface area contributed by atoms with Crippen LogP contribution in [-0.2, 0) is 35.3 Å². The summed E-state index contributed by atoms with van der Waals surface area (Å²) in [5, 5.41) is 17.9. The molecule has 1 aromatic rings. The lowest BCUT2D eigenvalue weighted by Crippen LogP contribution is -2.59. The molecule has 0 aromatic heterocycles. The molecule has 2 fully saturated rings. The number of ether oxygens (including phenoxy) is 1. The number of carboxylic acids is 1. The van der Waals surface area contributed by atoms with Gasteiger partial charge in [0.25, 0.3) is 0 Å². The van der Waals surface area contributed by atoms with Crippen molar-refractivity contribution in [1.82, 2.24) is 20.9 Å².